The number of hydrogen-bond acceptors (Lipinski definition) is 2. The highest BCUT2D eigenvalue weighted by Crippen LogP contribution is 2.27. The van der Waals surface area contributed by atoms with Crippen molar-refractivity contribution in [2.75, 3.05) is 0 Å². The second kappa shape index (κ2) is 5.44. The van der Waals surface area contributed by atoms with Gasteiger partial charge in [-0.15, -0.1) is 0 Å². The van der Waals surface area contributed by atoms with Crippen LogP contribution in [0.2, 0.25) is 0 Å². The number of aryl methyl sites for hydroxylation is 1. The van der Waals surface area contributed by atoms with Crippen molar-refractivity contribution in [3.63, 3.8) is 0 Å². The Bertz CT molecular complexity index is 772. The SMILES string of the molecule is Cc1cccc2cc(CC(C(=O)O)c3ccccc3)oc12. The van der Waals surface area contributed by atoms with Crippen LogP contribution < -0.4 is 0 Å². The van der Waals surface area contributed by atoms with E-state index < -0.39 is 11.9 Å². The van der Waals surface area contributed by atoms with Crippen molar-refractivity contribution < 1.29 is 14.3 Å². The average Bonchev–Trinajstić information content (AvgIpc) is 2.90. The lowest BCUT2D eigenvalue weighted by molar-refractivity contribution is -0.138. The van der Waals surface area contributed by atoms with E-state index in [0.717, 1.165) is 22.1 Å². The van der Waals surface area contributed by atoms with Crippen LogP contribution >= 0.6 is 0 Å². The summed E-state index contributed by atoms with van der Waals surface area (Å²) >= 11 is 0. The van der Waals surface area contributed by atoms with E-state index in [-0.39, 0.29) is 0 Å². The topological polar surface area (TPSA) is 50.4 Å². The highest BCUT2D eigenvalue weighted by molar-refractivity contribution is 5.81. The van der Waals surface area contributed by atoms with Gasteiger partial charge in [-0.05, 0) is 24.1 Å². The van der Waals surface area contributed by atoms with Crippen molar-refractivity contribution in [1.82, 2.24) is 0 Å². The minimum atomic E-state index is -0.835. The van der Waals surface area contributed by atoms with Crippen molar-refractivity contribution in [2.24, 2.45) is 0 Å². The molecule has 0 aliphatic heterocycles. The van der Waals surface area contributed by atoms with Crippen LogP contribution in [0.5, 0.6) is 0 Å². The van der Waals surface area contributed by atoms with E-state index in [9.17, 15) is 9.90 Å². The van der Waals surface area contributed by atoms with Crippen molar-refractivity contribution in [3.05, 3.63) is 71.5 Å². The van der Waals surface area contributed by atoms with Gasteiger partial charge in [0.25, 0.3) is 0 Å². The molecule has 0 amide bonds. The van der Waals surface area contributed by atoms with Gasteiger partial charge in [0.05, 0.1) is 5.92 Å². The molecule has 0 spiro atoms. The smallest absolute Gasteiger partial charge is 0.311 e. The number of hydrogen-bond donors (Lipinski definition) is 1. The van der Waals surface area contributed by atoms with E-state index in [1.807, 2.05) is 61.5 Å². The van der Waals surface area contributed by atoms with Crippen molar-refractivity contribution in [3.8, 4) is 0 Å². The number of fused-ring (bicyclic) bond motifs is 1. The van der Waals surface area contributed by atoms with E-state index in [1.165, 1.54) is 0 Å². The van der Waals surface area contributed by atoms with Crippen LogP contribution in [0, 0.1) is 6.92 Å². The Kier molecular flexibility index (Phi) is 3.48. The molecule has 1 unspecified atom stereocenters. The second-order valence-corrected chi connectivity index (χ2v) is 5.21. The summed E-state index contributed by atoms with van der Waals surface area (Å²) in [5, 5.41) is 10.5. The fraction of sp³-hybridized carbons (Fsp3) is 0.167. The number of furan rings is 1. The Balaban J connectivity index is 1.95. The average molecular weight is 280 g/mol. The molecule has 3 rings (SSSR count). The first kappa shape index (κ1) is 13.4. The summed E-state index contributed by atoms with van der Waals surface area (Å²) in [6.07, 6.45) is 0.355. The van der Waals surface area contributed by atoms with Gasteiger partial charge in [0.1, 0.15) is 11.3 Å². The minimum Gasteiger partial charge on any atom is -0.481 e. The van der Waals surface area contributed by atoms with Gasteiger partial charge in [-0.25, -0.2) is 0 Å². The van der Waals surface area contributed by atoms with Crippen LogP contribution in [0.25, 0.3) is 11.0 Å². The molecule has 1 N–H and O–H groups in total. The van der Waals surface area contributed by atoms with Crippen molar-refractivity contribution in [1.29, 1.82) is 0 Å². The molecular weight excluding hydrogens is 264 g/mol. The summed E-state index contributed by atoms with van der Waals surface area (Å²) in [5.41, 5.74) is 2.69. The molecule has 3 aromatic rings. The first-order valence-electron chi connectivity index (χ1n) is 6.91. The Labute approximate surface area is 122 Å². The van der Waals surface area contributed by atoms with E-state index >= 15 is 0 Å². The molecule has 0 bridgehead atoms. The number of carboxylic acids is 1. The molecular formula is C18H16O3. The molecule has 0 radical (unpaired) electrons. The normalized spacial score (nSPS) is 12.4. The number of carboxylic acid groups (broad SMARTS) is 1. The zero-order valence-electron chi connectivity index (χ0n) is 11.7. The zero-order valence-corrected chi connectivity index (χ0v) is 11.7. The number of para-hydroxylation sites is 1. The molecule has 21 heavy (non-hydrogen) atoms. The maximum absolute atomic E-state index is 11.5. The molecule has 3 nitrogen and oxygen atoms in total. The second-order valence-electron chi connectivity index (χ2n) is 5.21. The molecule has 0 aliphatic rings. The lowest BCUT2D eigenvalue weighted by Gasteiger charge is -2.10. The molecule has 0 aliphatic carbocycles. The van der Waals surface area contributed by atoms with Gasteiger partial charge >= 0.3 is 5.97 Å². The third-order valence-corrected chi connectivity index (χ3v) is 3.70. The lowest BCUT2D eigenvalue weighted by Crippen LogP contribution is -2.14. The Morgan fingerprint density at radius 1 is 1.14 bits per heavy atom. The van der Waals surface area contributed by atoms with Gasteiger partial charge in [-0.3, -0.25) is 4.79 Å². The predicted molar refractivity (Wildman–Crippen MR) is 81.5 cm³/mol. The Morgan fingerprint density at radius 2 is 1.90 bits per heavy atom. The van der Waals surface area contributed by atoms with E-state index in [2.05, 4.69) is 0 Å². The maximum Gasteiger partial charge on any atom is 0.311 e. The predicted octanol–water partition coefficient (Wildman–Crippen LogP) is 4.15. The maximum atomic E-state index is 11.5. The molecule has 106 valence electrons. The minimum absolute atomic E-state index is 0.355. The van der Waals surface area contributed by atoms with Gasteiger partial charge in [-0.1, -0.05) is 48.5 Å². The molecule has 2 aromatic carbocycles. The van der Waals surface area contributed by atoms with Crippen LogP contribution in [-0.2, 0) is 11.2 Å². The van der Waals surface area contributed by atoms with Crippen LogP contribution in [0.4, 0.5) is 0 Å². The first-order chi connectivity index (χ1) is 10.1. The highest BCUT2D eigenvalue weighted by Gasteiger charge is 2.22. The number of rotatable bonds is 4. The summed E-state index contributed by atoms with van der Waals surface area (Å²) in [4.78, 5) is 11.5. The van der Waals surface area contributed by atoms with E-state index in [1.54, 1.807) is 0 Å². The molecule has 3 heteroatoms. The monoisotopic (exact) mass is 280 g/mol. The van der Waals surface area contributed by atoms with Crippen molar-refractivity contribution in [2.45, 2.75) is 19.3 Å². The summed E-state index contributed by atoms with van der Waals surface area (Å²) in [7, 11) is 0. The fourth-order valence-corrected chi connectivity index (χ4v) is 2.60. The van der Waals surface area contributed by atoms with Gasteiger partial charge in [-0.2, -0.15) is 0 Å². The molecule has 1 aromatic heterocycles. The molecule has 0 fully saturated rings. The molecule has 1 atom stereocenters. The summed E-state index contributed by atoms with van der Waals surface area (Å²) in [6.45, 7) is 1.99. The van der Waals surface area contributed by atoms with Crippen molar-refractivity contribution >= 4 is 16.9 Å². The van der Waals surface area contributed by atoms with Gasteiger partial charge in [0, 0.05) is 11.8 Å². The number of carbonyl (C=O) groups is 1. The van der Waals surface area contributed by atoms with Crippen LogP contribution in [0.3, 0.4) is 0 Å². The summed E-state index contributed by atoms with van der Waals surface area (Å²) in [6, 6.07) is 17.1. The first-order valence-corrected chi connectivity index (χ1v) is 6.91. The highest BCUT2D eigenvalue weighted by atomic mass is 16.4. The standard InChI is InChI=1S/C18H16O3/c1-12-6-5-9-14-10-15(21-17(12)14)11-16(18(19)20)13-7-3-2-4-8-13/h2-10,16H,11H2,1H3,(H,19,20). The van der Waals surface area contributed by atoms with Gasteiger partial charge in [0.15, 0.2) is 0 Å². The number of benzene rings is 2. The Hall–Kier alpha value is -2.55. The molecule has 1 heterocycles. The lowest BCUT2D eigenvalue weighted by atomic mass is 9.95. The summed E-state index contributed by atoms with van der Waals surface area (Å²) in [5.74, 6) is -0.721. The fourth-order valence-electron chi connectivity index (χ4n) is 2.60. The van der Waals surface area contributed by atoms with Crippen LogP contribution in [0.1, 0.15) is 22.8 Å². The third kappa shape index (κ3) is 2.68. The Morgan fingerprint density at radius 3 is 2.57 bits per heavy atom. The van der Waals surface area contributed by atoms with E-state index in [4.69, 9.17) is 4.42 Å². The van der Waals surface area contributed by atoms with Crippen LogP contribution in [-0.4, -0.2) is 11.1 Å². The van der Waals surface area contributed by atoms with Gasteiger partial charge < -0.3 is 9.52 Å². The van der Waals surface area contributed by atoms with E-state index in [0.29, 0.717) is 12.2 Å². The zero-order chi connectivity index (χ0) is 14.8. The largest absolute Gasteiger partial charge is 0.481 e. The van der Waals surface area contributed by atoms with Crippen LogP contribution in [0.15, 0.2) is 59.0 Å². The molecule has 0 saturated carbocycles. The van der Waals surface area contributed by atoms with Gasteiger partial charge in [0.2, 0.25) is 0 Å². The number of aliphatic carboxylic acids is 1. The molecule has 0 saturated heterocycles. The summed E-state index contributed by atoms with van der Waals surface area (Å²) < 4.78 is 5.84. The third-order valence-electron chi connectivity index (χ3n) is 3.70. The quantitative estimate of drug-likeness (QED) is 0.781.